The van der Waals surface area contributed by atoms with Crippen molar-refractivity contribution in [3.05, 3.63) is 12.7 Å². The molecule has 0 spiro atoms. The predicted molar refractivity (Wildman–Crippen MR) is 55.1 cm³/mol. The average molecular weight is 229 g/mol. The van der Waals surface area contributed by atoms with Crippen LogP contribution in [0.15, 0.2) is 12.7 Å². The van der Waals surface area contributed by atoms with E-state index in [2.05, 4.69) is 11.3 Å². The summed E-state index contributed by atoms with van der Waals surface area (Å²) in [5.41, 5.74) is 0. The summed E-state index contributed by atoms with van der Waals surface area (Å²) in [5.74, 6) is -0.549. The van der Waals surface area contributed by atoms with Gasteiger partial charge < -0.3 is 14.6 Å². The van der Waals surface area contributed by atoms with E-state index in [1.807, 2.05) is 0 Å². The monoisotopic (exact) mass is 229 g/mol. The summed E-state index contributed by atoms with van der Waals surface area (Å²) in [6.45, 7) is 4.02. The van der Waals surface area contributed by atoms with Crippen LogP contribution in [0.3, 0.4) is 0 Å². The highest BCUT2D eigenvalue weighted by atomic mass is 16.5. The number of hydrogen-bond donors (Lipinski definition) is 1. The van der Waals surface area contributed by atoms with Crippen LogP contribution in [0.4, 0.5) is 4.79 Å². The van der Waals surface area contributed by atoms with Gasteiger partial charge in [0.1, 0.15) is 6.04 Å². The molecular weight excluding hydrogens is 214 g/mol. The molecular formula is C10H15NO5. The van der Waals surface area contributed by atoms with Gasteiger partial charge in [-0.1, -0.05) is 6.08 Å². The molecule has 1 N–H and O–H groups in total. The number of likely N-dealkylation sites (tertiary alicyclic amines) is 1. The van der Waals surface area contributed by atoms with E-state index in [0.717, 1.165) is 4.90 Å². The third-order valence-electron chi connectivity index (χ3n) is 2.43. The van der Waals surface area contributed by atoms with Crippen LogP contribution in [0.5, 0.6) is 0 Å². The number of carboxylic acid groups (broad SMARTS) is 1. The highest BCUT2D eigenvalue weighted by Gasteiger charge is 2.40. The van der Waals surface area contributed by atoms with Crippen molar-refractivity contribution in [1.82, 2.24) is 4.90 Å². The molecule has 0 aromatic rings. The quantitative estimate of drug-likeness (QED) is 0.560. The van der Waals surface area contributed by atoms with Crippen LogP contribution in [0.25, 0.3) is 0 Å². The van der Waals surface area contributed by atoms with Gasteiger partial charge in [0, 0.05) is 6.42 Å². The number of nitrogens with zero attached hydrogens (tertiary/aromatic N) is 1. The third-order valence-corrected chi connectivity index (χ3v) is 2.43. The van der Waals surface area contributed by atoms with Crippen LogP contribution in [-0.4, -0.2) is 54.5 Å². The molecule has 0 bridgehead atoms. The maximum atomic E-state index is 11.3. The fourth-order valence-electron chi connectivity index (χ4n) is 1.69. The SMILES string of the molecule is C=CCOC1CC(C(=O)OC)N(C(=O)O)C1. The second-order valence-corrected chi connectivity index (χ2v) is 3.45. The predicted octanol–water partition coefficient (Wildman–Crippen LogP) is 0.483. The van der Waals surface area contributed by atoms with Gasteiger partial charge in [-0.15, -0.1) is 6.58 Å². The maximum Gasteiger partial charge on any atom is 0.408 e. The first-order chi connectivity index (χ1) is 7.60. The minimum absolute atomic E-state index is 0.183. The first kappa shape index (κ1) is 12.5. The second kappa shape index (κ2) is 5.50. The molecule has 1 aliphatic heterocycles. The van der Waals surface area contributed by atoms with Crippen molar-refractivity contribution in [2.24, 2.45) is 0 Å². The van der Waals surface area contributed by atoms with E-state index >= 15 is 0 Å². The number of ether oxygens (including phenoxy) is 2. The number of carbonyl (C=O) groups excluding carboxylic acids is 1. The summed E-state index contributed by atoms with van der Waals surface area (Å²) in [4.78, 5) is 23.3. The maximum absolute atomic E-state index is 11.3. The Labute approximate surface area is 93.4 Å². The Morgan fingerprint density at radius 3 is 2.81 bits per heavy atom. The Hall–Kier alpha value is -1.56. The number of carbonyl (C=O) groups is 2. The fourth-order valence-corrected chi connectivity index (χ4v) is 1.69. The van der Waals surface area contributed by atoms with Crippen molar-refractivity contribution in [3.63, 3.8) is 0 Å². The summed E-state index contributed by atoms with van der Waals surface area (Å²) < 4.78 is 9.87. The standard InChI is InChI=1S/C10H15NO5/c1-3-4-16-7-5-8(9(12)15-2)11(6-7)10(13)14/h3,7-8H,1,4-6H2,2H3,(H,13,14). The highest BCUT2D eigenvalue weighted by molar-refractivity contribution is 5.81. The number of methoxy groups -OCH3 is 1. The molecule has 6 heteroatoms. The van der Waals surface area contributed by atoms with Crippen LogP contribution in [0.2, 0.25) is 0 Å². The lowest BCUT2D eigenvalue weighted by atomic mass is 10.2. The first-order valence-corrected chi connectivity index (χ1v) is 4.90. The van der Waals surface area contributed by atoms with Gasteiger partial charge in [0.25, 0.3) is 0 Å². The molecule has 0 aromatic carbocycles. The average Bonchev–Trinajstić information content (AvgIpc) is 2.69. The minimum atomic E-state index is -1.14. The van der Waals surface area contributed by atoms with E-state index in [1.54, 1.807) is 6.08 Å². The second-order valence-electron chi connectivity index (χ2n) is 3.45. The normalized spacial score (nSPS) is 24.2. The van der Waals surface area contributed by atoms with Crippen molar-refractivity contribution >= 4 is 12.1 Å². The molecule has 0 radical (unpaired) electrons. The summed E-state index contributed by atoms with van der Waals surface area (Å²) in [6.07, 6.45) is 0.488. The Kier molecular flexibility index (Phi) is 4.30. The zero-order chi connectivity index (χ0) is 12.1. The summed E-state index contributed by atoms with van der Waals surface area (Å²) >= 11 is 0. The molecule has 1 fully saturated rings. The van der Waals surface area contributed by atoms with Crippen molar-refractivity contribution in [2.45, 2.75) is 18.6 Å². The smallest absolute Gasteiger partial charge is 0.408 e. The Balaban J connectivity index is 2.64. The lowest BCUT2D eigenvalue weighted by molar-refractivity contribution is -0.145. The molecule has 1 heterocycles. The molecule has 1 rings (SSSR count). The number of hydrogen-bond acceptors (Lipinski definition) is 4. The lowest BCUT2D eigenvalue weighted by Gasteiger charge is -2.18. The van der Waals surface area contributed by atoms with E-state index < -0.39 is 18.1 Å². The molecule has 2 atom stereocenters. The van der Waals surface area contributed by atoms with Gasteiger partial charge in [0.05, 0.1) is 26.4 Å². The van der Waals surface area contributed by atoms with Gasteiger partial charge >= 0.3 is 12.1 Å². The highest BCUT2D eigenvalue weighted by Crippen LogP contribution is 2.21. The lowest BCUT2D eigenvalue weighted by Crippen LogP contribution is -2.40. The first-order valence-electron chi connectivity index (χ1n) is 4.90. The summed E-state index contributed by atoms with van der Waals surface area (Å²) in [5, 5.41) is 8.91. The summed E-state index contributed by atoms with van der Waals surface area (Å²) in [7, 11) is 1.24. The molecule has 0 saturated carbocycles. The van der Waals surface area contributed by atoms with Gasteiger partial charge in [-0.3, -0.25) is 4.90 Å². The molecule has 1 saturated heterocycles. The molecule has 0 aromatic heterocycles. The van der Waals surface area contributed by atoms with E-state index in [-0.39, 0.29) is 12.6 Å². The number of rotatable bonds is 4. The van der Waals surface area contributed by atoms with Crippen LogP contribution in [0.1, 0.15) is 6.42 Å². The van der Waals surface area contributed by atoms with E-state index in [0.29, 0.717) is 13.0 Å². The molecule has 90 valence electrons. The molecule has 0 aliphatic carbocycles. The van der Waals surface area contributed by atoms with E-state index in [9.17, 15) is 9.59 Å². The summed E-state index contributed by atoms with van der Waals surface area (Å²) in [6, 6.07) is -0.766. The Morgan fingerprint density at radius 1 is 1.62 bits per heavy atom. The van der Waals surface area contributed by atoms with Crippen LogP contribution in [-0.2, 0) is 14.3 Å². The number of amides is 1. The molecule has 1 aliphatic rings. The van der Waals surface area contributed by atoms with Crippen LogP contribution in [0, 0.1) is 0 Å². The van der Waals surface area contributed by atoms with Crippen molar-refractivity contribution in [3.8, 4) is 0 Å². The Bertz CT molecular complexity index is 291. The van der Waals surface area contributed by atoms with Crippen molar-refractivity contribution in [2.75, 3.05) is 20.3 Å². The van der Waals surface area contributed by atoms with Gasteiger partial charge in [-0.25, -0.2) is 9.59 Å². The van der Waals surface area contributed by atoms with E-state index in [1.165, 1.54) is 7.11 Å². The van der Waals surface area contributed by atoms with Gasteiger partial charge in [-0.05, 0) is 0 Å². The van der Waals surface area contributed by atoms with Gasteiger partial charge in [0.15, 0.2) is 0 Å². The van der Waals surface area contributed by atoms with Crippen molar-refractivity contribution in [1.29, 1.82) is 0 Å². The third kappa shape index (κ3) is 2.73. The Morgan fingerprint density at radius 2 is 2.31 bits per heavy atom. The van der Waals surface area contributed by atoms with Gasteiger partial charge in [-0.2, -0.15) is 0 Å². The zero-order valence-electron chi connectivity index (χ0n) is 9.09. The fraction of sp³-hybridized carbons (Fsp3) is 0.600. The zero-order valence-corrected chi connectivity index (χ0v) is 9.09. The molecule has 2 unspecified atom stereocenters. The number of esters is 1. The van der Waals surface area contributed by atoms with Crippen molar-refractivity contribution < 1.29 is 24.2 Å². The minimum Gasteiger partial charge on any atom is -0.467 e. The van der Waals surface area contributed by atoms with Gasteiger partial charge in [0.2, 0.25) is 0 Å². The molecule has 6 nitrogen and oxygen atoms in total. The van der Waals surface area contributed by atoms with Crippen LogP contribution < -0.4 is 0 Å². The largest absolute Gasteiger partial charge is 0.467 e. The topological polar surface area (TPSA) is 76.1 Å². The molecule has 1 amide bonds. The van der Waals surface area contributed by atoms with Crippen LogP contribution >= 0.6 is 0 Å². The van der Waals surface area contributed by atoms with E-state index in [4.69, 9.17) is 9.84 Å². The molecule has 16 heavy (non-hydrogen) atoms.